The van der Waals surface area contributed by atoms with E-state index in [4.69, 9.17) is 11.6 Å². The lowest BCUT2D eigenvalue weighted by Gasteiger charge is -2.22. The number of aromatic nitrogens is 1. The summed E-state index contributed by atoms with van der Waals surface area (Å²) >= 11 is 9.24. The third-order valence-corrected chi connectivity index (χ3v) is 4.94. The van der Waals surface area contributed by atoms with Gasteiger partial charge in [0.1, 0.15) is 5.01 Å². The van der Waals surface area contributed by atoms with E-state index in [1.54, 1.807) is 22.7 Å². The fourth-order valence-corrected chi connectivity index (χ4v) is 3.51. The molecular weight excluding hydrogens is 272 g/mol. The highest BCUT2D eigenvalue weighted by molar-refractivity contribution is 7.10. The zero-order valence-corrected chi connectivity index (χ0v) is 12.3. The van der Waals surface area contributed by atoms with Gasteiger partial charge in [-0.1, -0.05) is 6.07 Å². The number of nitrogens with zero attached hydrogens (tertiary/aromatic N) is 2. The predicted octanol–water partition coefficient (Wildman–Crippen LogP) is 4.14. The van der Waals surface area contributed by atoms with Gasteiger partial charge in [0.25, 0.3) is 0 Å². The van der Waals surface area contributed by atoms with Crippen LogP contribution in [0.1, 0.15) is 28.5 Å². The van der Waals surface area contributed by atoms with Gasteiger partial charge in [-0.05, 0) is 25.4 Å². The lowest BCUT2D eigenvalue weighted by atomic mass is 10.2. The van der Waals surface area contributed by atoms with Crippen LogP contribution in [0.25, 0.3) is 0 Å². The minimum Gasteiger partial charge on any atom is -0.292 e. The fourth-order valence-electron chi connectivity index (χ4n) is 1.58. The van der Waals surface area contributed by atoms with Gasteiger partial charge in [0, 0.05) is 16.3 Å². The Bertz CT molecular complexity index is 453. The van der Waals surface area contributed by atoms with E-state index in [0.29, 0.717) is 11.9 Å². The summed E-state index contributed by atoms with van der Waals surface area (Å²) < 4.78 is 0. The summed E-state index contributed by atoms with van der Waals surface area (Å²) in [7, 11) is 2.13. The third-order valence-electron chi connectivity index (χ3n) is 2.74. The Hall–Kier alpha value is -0.420. The molecule has 0 fully saturated rings. The molecule has 0 aliphatic heterocycles. The first-order valence-electron chi connectivity index (χ1n) is 5.43. The van der Waals surface area contributed by atoms with Crippen LogP contribution in [-0.2, 0) is 12.4 Å². The summed E-state index contributed by atoms with van der Waals surface area (Å²) in [4.78, 5) is 8.18. The van der Waals surface area contributed by atoms with Gasteiger partial charge in [0.2, 0.25) is 0 Å². The predicted molar refractivity (Wildman–Crippen MR) is 75.9 cm³/mol. The van der Waals surface area contributed by atoms with Crippen LogP contribution >= 0.6 is 34.3 Å². The van der Waals surface area contributed by atoms with Gasteiger partial charge in [-0.2, -0.15) is 0 Å². The highest BCUT2D eigenvalue weighted by Gasteiger charge is 2.14. The van der Waals surface area contributed by atoms with Gasteiger partial charge in [-0.3, -0.25) is 4.90 Å². The zero-order valence-electron chi connectivity index (χ0n) is 9.89. The number of thiophene rings is 1. The molecule has 2 rings (SSSR count). The van der Waals surface area contributed by atoms with Gasteiger partial charge in [0.05, 0.1) is 18.1 Å². The topological polar surface area (TPSA) is 16.1 Å². The molecule has 2 aromatic heterocycles. The van der Waals surface area contributed by atoms with Gasteiger partial charge in [-0.15, -0.1) is 34.3 Å². The molecule has 2 aromatic rings. The standard InChI is InChI=1S/C12H15ClN2S2/c1-9(11-4-3-5-16-11)15(2)7-12-14-10(6-13)8-17-12/h3-5,8-9H,6-7H2,1-2H3. The molecular formula is C12H15ClN2S2. The molecule has 5 heteroatoms. The minimum atomic E-state index is 0.429. The second-order valence-electron chi connectivity index (χ2n) is 3.97. The molecule has 92 valence electrons. The number of rotatable bonds is 5. The molecule has 0 aliphatic rings. The van der Waals surface area contributed by atoms with E-state index in [1.165, 1.54) is 4.88 Å². The number of halogens is 1. The van der Waals surface area contributed by atoms with E-state index in [2.05, 4.69) is 41.4 Å². The Balaban J connectivity index is 1.99. The van der Waals surface area contributed by atoms with Crippen molar-refractivity contribution in [3.8, 4) is 0 Å². The molecule has 1 atom stereocenters. The average Bonchev–Trinajstić information content (AvgIpc) is 2.98. The molecule has 17 heavy (non-hydrogen) atoms. The molecule has 2 nitrogen and oxygen atoms in total. The van der Waals surface area contributed by atoms with Crippen molar-refractivity contribution in [3.05, 3.63) is 38.5 Å². The maximum absolute atomic E-state index is 5.75. The van der Waals surface area contributed by atoms with Crippen LogP contribution in [0.2, 0.25) is 0 Å². The van der Waals surface area contributed by atoms with Crippen LogP contribution in [0.5, 0.6) is 0 Å². The maximum atomic E-state index is 5.75. The van der Waals surface area contributed by atoms with Gasteiger partial charge in [0.15, 0.2) is 0 Å². The van der Waals surface area contributed by atoms with Crippen LogP contribution in [-0.4, -0.2) is 16.9 Å². The van der Waals surface area contributed by atoms with Crippen molar-refractivity contribution in [2.24, 2.45) is 0 Å². The maximum Gasteiger partial charge on any atom is 0.107 e. The number of hydrogen-bond donors (Lipinski definition) is 0. The quantitative estimate of drug-likeness (QED) is 0.768. The summed E-state index contributed by atoms with van der Waals surface area (Å²) in [6, 6.07) is 4.70. The Kier molecular flexibility index (Phi) is 4.56. The molecule has 0 saturated heterocycles. The van der Waals surface area contributed by atoms with E-state index in [-0.39, 0.29) is 0 Å². The van der Waals surface area contributed by atoms with Crippen molar-refractivity contribution in [2.75, 3.05) is 7.05 Å². The zero-order chi connectivity index (χ0) is 12.3. The summed E-state index contributed by atoms with van der Waals surface area (Å²) in [5, 5.41) is 5.28. The second-order valence-corrected chi connectivity index (χ2v) is 6.16. The molecule has 0 bridgehead atoms. The molecule has 1 unspecified atom stereocenters. The molecule has 2 heterocycles. The van der Waals surface area contributed by atoms with Crippen LogP contribution < -0.4 is 0 Å². The Morgan fingerprint density at radius 3 is 2.88 bits per heavy atom. The van der Waals surface area contributed by atoms with Crippen LogP contribution in [0, 0.1) is 0 Å². The monoisotopic (exact) mass is 286 g/mol. The molecule has 0 aliphatic carbocycles. The Morgan fingerprint density at radius 1 is 1.47 bits per heavy atom. The van der Waals surface area contributed by atoms with Crippen molar-refractivity contribution >= 4 is 34.3 Å². The minimum absolute atomic E-state index is 0.429. The van der Waals surface area contributed by atoms with E-state index < -0.39 is 0 Å². The van der Waals surface area contributed by atoms with E-state index >= 15 is 0 Å². The average molecular weight is 287 g/mol. The number of alkyl halides is 1. The lowest BCUT2D eigenvalue weighted by molar-refractivity contribution is 0.256. The van der Waals surface area contributed by atoms with Crippen molar-refractivity contribution in [3.63, 3.8) is 0 Å². The first-order chi connectivity index (χ1) is 8.20. The van der Waals surface area contributed by atoms with Crippen molar-refractivity contribution in [1.82, 2.24) is 9.88 Å². The Labute approximate surface area is 115 Å². The van der Waals surface area contributed by atoms with Gasteiger partial charge >= 0.3 is 0 Å². The van der Waals surface area contributed by atoms with Gasteiger partial charge < -0.3 is 0 Å². The van der Waals surface area contributed by atoms with E-state index in [0.717, 1.165) is 17.2 Å². The van der Waals surface area contributed by atoms with E-state index in [1.807, 2.05) is 5.38 Å². The molecule has 0 N–H and O–H groups in total. The highest BCUT2D eigenvalue weighted by Crippen LogP contribution is 2.25. The highest BCUT2D eigenvalue weighted by atomic mass is 35.5. The molecule has 0 saturated carbocycles. The Morgan fingerprint density at radius 2 is 2.29 bits per heavy atom. The summed E-state index contributed by atoms with van der Waals surface area (Å²) in [5.41, 5.74) is 0.976. The van der Waals surface area contributed by atoms with Crippen LogP contribution in [0.15, 0.2) is 22.9 Å². The van der Waals surface area contributed by atoms with Crippen molar-refractivity contribution in [1.29, 1.82) is 0 Å². The second kappa shape index (κ2) is 5.96. The molecule has 0 radical (unpaired) electrons. The first-order valence-corrected chi connectivity index (χ1v) is 7.73. The van der Waals surface area contributed by atoms with E-state index in [9.17, 15) is 0 Å². The van der Waals surface area contributed by atoms with Gasteiger partial charge in [-0.25, -0.2) is 4.98 Å². The van der Waals surface area contributed by atoms with Crippen molar-refractivity contribution in [2.45, 2.75) is 25.4 Å². The lowest BCUT2D eigenvalue weighted by Crippen LogP contribution is -2.21. The summed E-state index contributed by atoms with van der Waals surface area (Å²) in [5.74, 6) is 0.501. The fraction of sp³-hybridized carbons (Fsp3) is 0.417. The van der Waals surface area contributed by atoms with Crippen LogP contribution in [0.3, 0.4) is 0 Å². The smallest absolute Gasteiger partial charge is 0.107 e. The first kappa shape index (κ1) is 13.0. The normalized spacial score (nSPS) is 13.2. The molecule has 0 spiro atoms. The van der Waals surface area contributed by atoms with Crippen LogP contribution in [0.4, 0.5) is 0 Å². The molecule has 0 amide bonds. The largest absolute Gasteiger partial charge is 0.292 e. The summed E-state index contributed by atoms with van der Waals surface area (Å²) in [6.07, 6.45) is 0. The molecule has 0 aromatic carbocycles. The van der Waals surface area contributed by atoms with Crippen molar-refractivity contribution < 1.29 is 0 Å². The summed E-state index contributed by atoms with van der Waals surface area (Å²) in [6.45, 7) is 3.10. The number of thiazole rings is 1. The SMILES string of the molecule is CC(c1cccs1)N(C)Cc1nc(CCl)cs1. The third kappa shape index (κ3) is 3.28. The number of hydrogen-bond acceptors (Lipinski definition) is 4.